The summed E-state index contributed by atoms with van der Waals surface area (Å²) in [5, 5.41) is 13.8. The van der Waals surface area contributed by atoms with E-state index in [4.69, 9.17) is 10.8 Å². The van der Waals surface area contributed by atoms with Crippen LogP contribution in [0.1, 0.15) is 35.0 Å². The summed E-state index contributed by atoms with van der Waals surface area (Å²) in [5.74, 6) is -0.379. The van der Waals surface area contributed by atoms with Crippen molar-refractivity contribution >= 4 is 17.2 Å². The monoisotopic (exact) mass is 242 g/mol. The molecule has 0 aliphatic heterocycles. The molecule has 1 unspecified atom stereocenters. The molecule has 1 amide bonds. The average molecular weight is 242 g/mol. The first kappa shape index (κ1) is 13.2. The normalized spacial score (nSPS) is 12.6. The van der Waals surface area contributed by atoms with E-state index < -0.39 is 0 Å². The summed E-state index contributed by atoms with van der Waals surface area (Å²) in [6.45, 7) is 3.06. The van der Waals surface area contributed by atoms with E-state index in [0.717, 1.165) is 24.3 Å². The van der Waals surface area contributed by atoms with Gasteiger partial charge in [-0.15, -0.1) is 11.3 Å². The highest BCUT2D eigenvalue weighted by atomic mass is 32.1. The van der Waals surface area contributed by atoms with Gasteiger partial charge in [0.1, 0.15) is 0 Å². The van der Waals surface area contributed by atoms with E-state index in [1.165, 1.54) is 11.3 Å². The minimum atomic E-state index is -0.379. The van der Waals surface area contributed by atoms with Crippen LogP contribution in [-0.4, -0.2) is 23.7 Å². The first-order valence-corrected chi connectivity index (χ1v) is 6.23. The number of amides is 1. The molecule has 90 valence electrons. The van der Waals surface area contributed by atoms with Crippen LogP contribution in [-0.2, 0) is 6.54 Å². The van der Waals surface area contributed by atoms with Crippen molar-refractivity contribution in [2.45, 2.75) is 32.4 Å². The topological polar surface area (TPSA) is 75.3 Å². The van der Waals surface area contributed by atoms with E-state index in [2.05, 4.69) is 12.2 Å². The van der Waals surface area contributed by atoms with Gasteiger partial charge in [-0.3, -0.25) is 4.79 Å². The van der Waals surface area contributed by atoms with Gasteiger partial charge in [0.2, 0.25) is 5.91 Å². The van der Waals surface area contributed by atoms with Crippen LogP contribution in [0.4, 0.5) is 0 Å². The fourth-order valence-corrected chi connectivity index (χ4v) is 2.20. The fraction of sp³-hybridized carbons (Fsp3) is 0.545. The maximum Gasteiger partial charge on any atom is 0.249 e. The number of carbonyl (C=O) groups excluding carboxylic acids is 1. The fourth-order valence-electron chi connectivity index (χ4n) is 1.38. The zero-order valence-electron chi connectivity index (χ0n) is 9.40. The van der Waals surface area contributed by atoms with Gasteiger partial charge in [0, 0.05) is 29.5 Å². The Balaban J connectivity index is 2.33. The van der Waals surface area contributed by atoms with E-state index in [-0.39, 0.29) is 12.5 Å². The van der Waals surface area contributed by atoms with Crippen molar-refractivity contribution in [1.29, 1.82) is 0 Å². The lowest BCUT2D eigenvalue weighted by atomic mass is 10.2. The highest BCUT2D eigenvalue weighted by Crippen LogP contribution is 2.14. The number of aliphatic hydroxyl groups excluding tert-OH is 1. The van der Waals surface area contributed by atoms with Crippen molar-refractivity contribution < 1.29 is 9.90 Å². The molecular formula is C11H18N2O2S. The molecule has 0 fully saturated rings. The van der Waals surface area contributed by atoms with Crippen molar-refractivity contribution in [1.82, 2.24) is 5.32 Å². The number of hydrogen-bond donors (Lipinski definition) is 3. The molecule has 4 nitrogen and oxygen atoms in total. The third-order valence-corrected chi connectivity index (χ3v) is 3.30. The van der Waals surface area contributed by atoms with Gasteiger partial charge in [-0.2, -0.15) is 0 Å². The number of rotatable bonds is 7. The number of thiophene rings is 1. The predicted octanol–water partition coefficient (Wildman–Crippen LogP) is 1.10. The van der Waals surface area contributed by atoms with Crippen LogP contribution in [0.2, 0.25) is 0 Å². The second kappa shape index (κ2) is 6.62. The second-order valence-electron chi connectivity index (χ2n) is 3.81. The Kier molecular flexibility index (Phi) is 5.45. The highest BCUT2D eigenvalue weighted by Gasteiger charge is 2.06. The van der Waals surface area contributed by atoms with Gasteiger partial charge in [0.05, 0.1) is 5.56 Å². The Morgan fingerprint density at radius 2 is 2.44 bits per heavy atom. The maximum absolute atomic E-state index is 10.9. The van der Waals surface area contributed by atoms with Crippen LogP contribution < -0.4 is 11.1 Å². The molecule has 4 N–H and O–H groups in total. The van der Waals surface area contributed by atoms with Crippen molar-refractivity contribution in [3.05, 3.63) is 21.9 Å². The van der Waals surface area contributed by atoms with Crippen molar-refractivity contribution in [2.75, 3.05) is 6.61 Å². The van der Waals surface area contributed by atoms with Crippen LogP contribution in [0, 0.1) is 0 Å². The molecule has 0 aliphatic carbocycles. The SMILES string of the molecule is CC(CCCO)NCc1cc(C(N)=O)cs1. The zero-order chi connectivity index (χ0) is 12.0. The van der Waals surface area contributed by atoms with Crippen LogP contribution in [0.5, 0.6) is 0 Å². The number of aliphatic hydroxyl groups is 1. The van der Waals surface area contributed by atoms with E-state index in [9.17, 15) is 4.79 Å². The van der Waals surface area contributed by atoms with Crippen LogP contribution >= 0.6 is 11.3 Å². The van der Waals surface area contributed by atoms with Crippen LogP contribution in [0.25, 0.3) is 0 Å². The summed E-state index contributed by atoms with van der Waals surface area (Å²) in [5.41, 5.74) is 5.74. The number of nitrogens with two attached hydrogens (primary N) is 1. The van der Waals surface area contributed by atoms with E-state index in [1.807, 2.05) is 6.07 Å². The predicted molar refractivity (Wildman–Crippen MR) is 65.5 cm³/mol. The Bertz CT molecular complexity index is 338. The molecule has 1 aromatic rings. The molecule has 0 bridgehead atoms. The molecule has 1 aromatic heterocycles. The lowest BCUT2D eigenvalue weighted by molar-refractivity contribution is 0.100. The number of hydrogen-bond acceptors (Lipinski definition) is 4. The van der Waals surface area contributed by atoms with E-state index in [0.29, 0.717) is 11.6 Å². The number of carbonyl (C=O) groups is 1. The van der Waals surface area contributed by atoms with Gasteiger partial charge in [0.25, 0.3) is 0 Å². The third-order valence-electron chi connectivity index (χ3n) is 2.36. The first-order chi connectivity index (χ1) is 7.63. The molecule has 1 atom stereocenters. The number of primary amides is 1. The molecule has 0 saturated heterocycles. The van der Waals surface area contributed by atoms with Crippen LogP contribution in [0.3, 0.4) is 0 Å². The quantitative estimate of drug-likeness (QED) is 0.670. The Hall–Kier alpha value is -0.910. The van der Waals surface area contributed by atoms with E-state index >= 15 is 0 Å². The molecule has 0 aliphatic rings. The Labute approximate surface area is 99.5 Å². The largest absolute Gasteiger partial charge is 0.396 e. The molecule has 1 rings (SSSR count). The van der Waals surface area contributed by atoms with Crippen molar-refractivity contribution in [3.63, 3.8) is 0 Å². The lowest BCUT2D eigenvalue weighted by Crippen LogP contribution is -2.25. The van der Waals surface area contributed by atoms with Gasteiger partial charge in [0.15, 0.2) is 0 Å². The molecule has 0 saturated carbocycles. The lowest BCUT2D eigenvalue weighted by Gasteiger charge is -2.11. The standard InChI is InChI=1S/C11H18N2O2S/c1-8(3-2-4-14)13-6-10-5-9(7-16-10)11(12)15/h5,7-8,13-14H,2-4,6H2,1H3,(H2,12,15). The molecule has 0 spiro atoms. The highest BCUT2D eigenvalue weighted by molar-refractivity contribution is 7.10. The molecular weight excluding hydrogens is 224 g/mol. The van der Waals surface area contributed by atoms with Gasteiger partial charge in [-0.05, 0) is 25.8 Å². The Morgan fingerprint density at radius 3 is 3.00 bits per heavy atom. The van der Waals surface area contributed by atoms with Gasteiger partial charge in [-0.1, -0.05) is 0 Å². The average Bonchev–Trinajstić information content (AvgIpc) is 2.72. The van der Waals surface area contributed by atoms with Crippen molar-refractivity contribution in [2.24, 2.45) is 5.73 Å². The van der Waals surface area contributed by atoms with Gasteiger partial charge >= 0.3 is 0 Å². The summed E-state index contributed by atoms with van der Waals surface area (Å²) in [6.07, 6.45) is 1.76. The summed E-state index contributed by atoms with van der Waals surface area (Å²) in [7, 11) is 0. The molecule has 16 heavy (non-hydrogen) atoms. The zero-order valence-corrected chi connectivity index (χ0v) is 10.2. The first-order valence-electron chi connectivity index (χ1n) is 5.35. The van der Waals surface area contributed by atoms with Crippen LogP contribution in [0.15, 0.2) is 11.4 Å². The Morgan fingerprint density at radius 1 is 1.69 bits per heavy atom. The molecule has 5 heteroatoms. The van der Waals surface area contributed by atoms with Crippen molar-refractivity contribution in [3.8, 4) is 0 Å². The minimum Gasteiger partial charge on any atom is -0.396 e. The maximum atomic E-state index is 10.9. The van der Waals surface area contributed by atoms with Gasteiger partial charge < -0.3 is 16.2 Å². The van der Waals surface area contributed by atoms with Gasteiger partial charge in [-0.25, -0.2) is 0 Å². The second-order valence-corrected chi connectivity index (χ2v) is 4.81. The minimum absolute atomic E-state index is 0.233. The summed E-state index contributed by atoms with van der Waals surface area (Å²) < 4.78 is 0. The molecule has 0 aromatic carbocycles. The number of nitrogens with one attached hydrogen (secondary N) is 1. The third kappa shape index (κ3) is 4.30. The summed E-state index contributed by atoms with van der Waals surface area (Å²) >= 11 is 1.53. The molecule has 1 heterocycles. The molecule has 0 radical (unpaired) electrons. The summed E-state index contributed by atoms with van der Waals surface area (Å²) in [4.78, 5) is 12.0. The summed E-state index contributed by atoms with van der Waals surface area (Å²) in [6, 6.07) is 2.19. The smallest absolute Gasteiger partial charge is 0.249 e. The van der Waals surface area contributed by atoms with E-state index in [1.54, 1.807) is 5.38 Å².